The Hall–Kier alpha value is -1.22. The molecule has 1 aromatic heterocycles. The number of aliphatic carboxylic acids is 1. The predicted molar refractivity (Wildman–Crippen MR) is 255 cm³/mol. The summed E-state index contributed by atoms with van der Waals surface area (Å²) in [6.07, 6.45) is 10.2. The Morgan fingerprint density at radius 2 is 1.41 bits per heavy atom. The van der Waals surface area contributed by atoms with Gasteiger partial charge in [-0.15, -0.1) is 11.3 Å². The van der Waals surface area contributed by atoms with Crippen LogP contribution in [0.15, 0.2) is 22.6 Å². The van der Waals surface area contributed by atoms with Gasteiger partial charge in [0, 0.05) is 11.3 Å². The number of aryl methyl sites for hydroxylation is 1. The maximum Gasteiger partial charge on any atom is 0.305 e. The second-order valence-electron chi connectivity index (χ2n) is 22.4. The molecule has 7 nitrogen and oxygen atoms in total. The van der Waals surface area contributed by atoms with Crippen LogP contribution in [0.1, 0.15) is 158 Å². The minimum atomic E-state index is -2.37. The molecule has 1 aliphatic carbocycles. The summed E-state index contributed by atoms with van der Waals surface area (Å²) in [5.41, 5.74) is 2.77. The molecule has 5 atom stereocenters. The van der Waals surface area contributed by atoms with Gasteiger partial charge >= 0.3 is 5.97 Å². The smallest absolute Gasteiger partial charge is 0.305 e. The van der Waals surface area contributed by atoms with Gasteiger partial charge in [0.1, 0.15) is 5.78 Å². The highest BCUT2D eigenvalue weighted by Gasteiger charge is 2.57. The van der Waals surface area contributed by atoms with Crippen molar-refractivity contribution in [2.45, 2.75) is 227 Å². The molecular formula is C47H87NO6SSi3. The molecule has 334 valence electrons. The van der Waals surface area contributed by atoms with Crippen molar-refractivity contribution in [2.75, 3.05) is 0 Å². The van der Waals surface area contributed by atoms with Crippen LogP contribution in [-0.2, 0) is 22.9 Å². The van der Waals surface area contributed by atoms with E-state index in [0.717, 1.165) is 42.8 Å². The average Bonchev–Trinajstić information content (AvgIpc) is 3.43. The Bertz CT molecular complexity index is 1570. The van der Waals surface area contributed by atoms with Crippen LogP contribution in [-0.4, -0.2) is 65.1 Å². The predicted octanol–water partition coefficient (Wildman–Crippen LogP) is 14.4. The first-order valence-electron chi connectivity index (χ1n) is 22.3. The summed E-state index contributed by atoms with van der Waals surface area (Å²) in [6.45, 7) is 44.6. The third kappa shape index (κ3) is 13.9. The molecule has 1 heterocycles. The van der Waals surface area contributed by atoms with Gasteiger partial charge in [0.05, 0.1) is 40.8 Å². The van der Waals surface area contributed by atoms with Gasteiger partial charge in [0.25, 0.3) is 0 Å². The molecular weight excluding hydrogens is 791 g/mol. The number of aromatic nitrogens is 1. The molecule has 58 heavy (non-hydrogen) atoms. The van der Waals surface area contributed by atoms with Crippen molar-refractivity contribution in [3.05, 3.63) is 33.3 Å². The maximum absolute atomic E-state index is 15.2. The van der Waals surface area contributed by atoms with E-state index >= 15 is 4.79 Å². The number of nitrogens with zero attached hydrogens (tertiary/aromatic N) is 1. The second-order valence-corrected chi connectivity index (χ2v) is 37.7. The van der Waals surface area contributed by atoms with Crippen LogP contribution in [0.2, 0.25) is 54.4 Å². The van der Waals surface area contributed by atoms with Crippen molar-refractivity contribution in [3.63, 3.8) is 0 Å². The number of ketones is 1. The van der Waals surface area contributed by atoms with E-state index in [9.17, 15) is 9.90 Å². The number of hydrogen-bond donors (Lipinski definition) is 1. The zero-order chi connectivity index (χ0) is 44.9. The van der Waals surface area contributed by atoms with E-state index in [4.69, 9.17) is 18.3 Å². The monoisotopic (exact) mass is 878 g/mol. The first-order valence-corrected chi connectivity index (χ1v) is 31.9. The quantitative estimate of drug-likeness (QED) is 0.0915. The first kappa shape index (κ1) is 52.9. The van der Waals surface area contributed by atoms with Gasteiger partial charge in [-0.1, -0.05) is 94.2 Å². The van der Waals surface area contributed by atoms with Crippen molar-refractivity contribution in [2.24, 2.45) is 17.3 Å². The van der Waals surface area contributed by atoms with E-state index in [1.807, 2.05) is 6.92 Å². The van der Waals surface area contributed by atoms with Crippen LogP contribution < -0.4 is 0 Å². The maximum atomic E-state index is 15.2. The number of carboxylic acids is 1. The highest BCUT2D eigenvalue weighted by atomic mass is 32.1. The second kappa shape index (κ2) is 20.3. The summed E-state index contributed by atoms with van der Waals surface area (Å²) >= 11 is 1.68. The summed E-state index contributed by atoms with van der Waals surface area (Å²) in [4.78, 5) is 32.3. The SMILES string of the molecule is CC[C@@H](C(=O)C1([C@H](CC(=O)O)O[Si](C)(C)C(C)(C)C)CCC1)[C@H](O[Si](C)(C)C(C)(C)C)[C@@H](C)CCC/C(C)=C\C[C@H](O[Si](C)(C)C(C)(C)C)/C(C)=C/c1csc(C)n1. The Balaban J connectivity index is 2.41. The normalized spacial score (nSPS) is 19.0. The van der Waals surface area contributed by atoms with E-state index in [0.29, 0.717) is 19.3 Å². The van der Waals surface area contributed by atoms with E-state index in [-0.39, 0.29) is 51.4 Å². The van der Waals surface area contributed by atoms with E-state index in [1.54, 1.807) is 11.3 Å². The number of carbonyl (C=O) groups excluding carboxylic acids is 1. The topological polar surface area (TPSA) is 95.0 Å². The lowest BCUT2D eigenvalue weighted by Crippen LogP contribution is -2.59. The molecule has 11 heteroatoms. The molecule has 1 fully saturated rings. The fourth-order valence-electron chi connectivity index (χ4n) is 7.28. The highest BCUT2D eigenvalue weighted by molar-refractivity contribution is 7.09. The molecule has 0 aliphatic heterocycles. The van der Waals surface area contributed by atoms with Gasteiger partial charge in [-0.05, 0) is 138 Å². The Morgan fingerprint density at radius 3 is 1.84 bits per heavy atom. The molecule has 0 bridgehead atoms. The first-order chi connectivity index (χ1) is 26.2. The number of Topliss-reactive ketones (excluding diaryl/α,β-unsaturated/α-hetero) is 1. The molecule has 0 spiro atoms. The number of hydrogen-bond acceptors (Lipinski definition) is 7. The fourth-order valence-corrected chi connectivity index (χ4v) is 12.0. The largest absolute Gasteiger partial charge is 0.481 e. The van der Waals surface area contributed by atoms with Crippen molar-refractivity contribution >= 4 is 54.1 Å². The molecule has 0 aromatic carbocycles. The van der Waals surface area contributed by atoms with Crippen molar-refractivity contribution in [1.82, 2.24) is 4.98 Å². The van der Waals surface area contributed by atoms with Gasteiger partial charge < -0.3 is 18.4 Å². The molecule has 0 saturated heterocycles. The Kier molecular flexibility index (Phi) is 18.5. The van der Waals surface area contributed by atoms with Crippen molar-refractivity contribution in [1.29, 1.82) is 0 Å². The van der Waals surface area contributed by atoms with E-state index in [1.165, 1.54) is 11.1 Å². The molecule has 2 rings (SSSR count). The van der Waals surface area contributed by atoms with Crippen LogP contribution in [0.5, 0.6) is 0 Å². The van der Waals surface area contributed by atoms with Crippen LogP contribution in [0.3, 0.4) is 0 Å². The minimum Gasteiger partial charge on any atom is -0.481 e. The molecule has 1 aliphatic rings. The van der Waals surface area contributed by atoms with Crippen LogP contribution >= 0.6 is 11.3 Å². The summed E-state index contributed by atoms with van der Waals surface area (Å²) in [6, 6.07) is 0. The van der Waals surface area contributed by atoms with E-state index in [2.05, 4.69) is 147 Å². The zero-order valence-corrected chi connectivity index (χ0v) is 44.6. The summed E-state index contributed by atoms with van der Waals surface area (Å²) in [5.74, 6) is -0.916. The highest BCUT2D eigenvalue weighted by Crippen LogP contribution is 2.53. The lowest BCUT2D eigenvalue weighted by Gasteiger charge is -2.52. The molecule has 0 radical (unpaired) electrons. The number of allylic oxidation sites excluding steroid dienone is 1. The van der Waals surface area contributed by atoms with Crippen LogP contribution in [0.4, 0.5) is 0 Å². The number of carbonyl (C=O) groups is 2. The zero-order valence-electron chi connectivity index (χ0n) is 40.8. The summed E-state index contributed by atoms with van der Waals surface area (Å²) in [7, 11) is -6.69. The lowest BCUT2D eigenvalue weighted by atomic mass is 9.58. The van der Waals surface area contributed by atoms with Crippen LogP contribution in [0.25, 0.3) is 6.08 Å². The van der Waals surface area contributed by atoms with Gasteiger partial charge in [0.15, 0.2) is 25.0 Å². The number of rotatable bonds is 22. The van der Waals surface area contributed by atoms with Gasteiger partial charge in [-0.25, -0.2) is 4.98 Å². The average molecular weight is 879 g/mol. The lowest BCUT2D eigenvalue weighted by molar-refractivity contribution is -0.156. The van der Waals surface area contributed by atoms with Gasteiger partial charge in [-0.2, -0.15) is 0 Å². The summed E-state index contributed by atoms with van der Waals surface area (Å²) < 4.78 is 21.3. The van der Waals surface area contributed by atoms with Crippen molar-refractivity contribution < 1.29 is 28.0 Å². The molecule has 1 N–H and O–H groups in total. The molecule has 0 unspecified atom stereocenters. The van der Waals surface area contributed by atoms with E-state index < -0.39 is 42.4 Å². The molecule has 1 saturated carbocycles. The molecule has 0 amide bonds. The third-order valence-corrected chi connectivity index (χ3v) is 28.8. The summed E-state index contributed by atoms with van der Waals surface area (Å²) in [5, 5.41) is 13.3. The minimum absolute atomic E-state index is 0.0140. The van der Waals surface area contributed by atoms with Crippen LogP contribution in [0, 0.1) is 24.2 Å². The number of thiazole rings is 1. The van der Waals surface area contributed by atoms with Gasteiger partial charge in [0.2, 0.25) is 0 Å². The Morgan fingerprint density at radius 1 is 0.897 bits per heavy atom. The molecule has 1 aromatic rings. The number of carboxylic acid groups (broad SMARTS) is 1. The third-order valence-electron chi connectivity index (χ3n) is 14.6. The standard InChI is InChI=1S/C47H87NO6SSi3/c1-21-38(43(51)47(28-23-29-47)40(31-41(49)50)53-57(17,18)45(9,10)11)42(54-58(19,20)46(12,13)14)34(3)25-22-24-33(2)26-27-39(52-56(15,16)44(6,7)8)35(4)30-37-32-55-36(5)48-37/h26,30,32,34,38-40,42H,21-25,27-29,31H2,1-20H3,(H,49,50)/b33-26-,35-30+/t34-,38+,39-,40-,42+/m0/s1. The van der Waals surface area contributed by atoms with Gasteiger partial charge in [-0.3, -0.25) is 9.59 Å². The fraction of sp³-hybridized carbons (Fsp3) is 0.809. The Labute approximate surface area is 363 Å². The van der Waals surface area contributed by atoms with Crippen molar-refractivity contribution in [3.8, 4) is 0 Å².